The number of carboxylic acid groups (broad SMARTS) is 1. The first-order valence-electron chi connectivity index (χ1n) is 26.7. The Hall–Kier alpha value is -4.44. The quantitative estimate of drug-likeness (QED) is 0.0889. The summed E-state index contributed by atoms with van der Waals surface area (Å²) in [6, 6.07) is 7.08. The molecule has 0 radical (unpaired) electrons. The Balaban J connectivity index is 0.000000235. The van der Waals surface area contributed by atoms with Gasteiger partial charge >= 0.3 is 30.3 Å². The van der Waals surface area contributed by atoms with E-state index < -0.39 is 78.8 Å². The summed E-state index contributed by atoms with van der Waals surface area (Å²) >= 11 is 0. The Morgan fingerprint density at radius 1 is 0.671 bits per heavy atom. The molecule has 2 saturated heterocycles. The third-order valence-electron chi connectivity index (χ3n) is 15.9. The van der Waals surface area contributed by atoms with Crippen molar-refractivity contribution < 1.29 is 79.0 Å². The molecule has 4 aliphatic carbocycles. The number of carbonyl (C=O) groups is 4. The van der Waals surface area contributed by atoms with Crippen molar-refractivity contribution in [3.63, 3.8) is 0 Å². The summed E-state index contributed by atoms with van der Waals surface area (Å²) in [7, 11) is 2.50. The van der Waals surface area contributed by atoms with Crippen LogP contribution in [0.2, 0.25) is 0 Å². The smallest absolute Gasteiger partial charge is 0.405 e. The molecule has 2 aromatic heterocycles. The van der Waals surface area contributed by atoms with Crippen molar-refractivity contribution >= 4 is 23.8 Å². The maximum atomic E-state index is 13.8. The summed E-state index contributed by atoms with van der Waals surface area (Å²) in [6.07, 6.45) is 7.41. The third-order valence-corrected chi connectivity index (χ3v) is 15.9. The number of methoxy groups -OCH3 is 2. The van der Waals surface area contributed by atoms with E-state index in [0.29, 0.717) is 25.0 Å². The van der Waals surface area contributed by atoms with Crippen LogP contribution in [-0.2, 0) is 86.1 Å². The molecule has 0 spiro atoms. The highest BCUT2D eigenvalue weighted by atomic mass is 19.4. The van der Waals surface area contributed by atoms with Gasteiger partial charge in [0.1, 0.15) is 17.5 Å². The van der Waals surface area contributed by atoms with Crippen LogP contribution in [0.25, 0.3) is 0 Å². The predicted octanol–water partition coefficient (Wildman–Crippen LogP) is 8.74. The fourth-order valence-corrected chi connectivity index (χ4v) is 10.7. The van der Waals surface area contributed by atoms with Crippen molar-refractivity contribution in [2.45, 2.75) is 185 Å². The maximum absolute atomic E-state index is 13.8. The second-order valence-electron chi connectivity index (χ2n) is 20.9. The van der Waals surface area contributed by atoms with Gasteiger partial charge in [-0.25, -0.2) is 4.79 Å². The van der Waals surface area contributed by atoms with Crippen LogP contribution in [0.15, 0.2) is 24.3 Å². The Kier molecular flexibility index (Phi) is 23.8. The lowest BCUT2D eigenvalue weighted by molar-refractivity contribution is -0.248. The number of nitrogens with zero attached hydrogens (tertiary/aromatic N) is 2. The van der Waals surface area contributed by atoms with Crippen LogP contribution >= 0.6 is 0 Å². The number of halogens is 6. The molecule has 2 aliphatic heterocycles. The maximum Gasteiger partial charge on any atom is 0.405 e. The zero-order valence-electron chi connectivity index (χ0n) is 43.3. The van der Waals surface area contributed by atoms with E-state index in [0.717, 1.165) is 82.9 Å². The van der Waals surface area contributed by atoms with Gasteiger partial charge in [-0.15, -0.1) is 0 Å². The molecule has 2 aromatic rings. The average molecular weight is 1090 g/mol. The zero-order chi connectivity index (χ0) is 54.2. The molecule has 0 aromatic carbocycles. The van der Waals surface area contributed by atoms with Crippen LogP contribution in [-0.4, -0.2) is 129 Å². The number of amides is 1. The Labute approximate surface area is 442 Å². The monoisotopic (exact) mass is 1090 g/mol. The summed E-state index contributed by atoms with van der Waals surface area (Å²) < 4.78 is 109. The van der Waals surface area contributed by atoms with E-state index in [1.165, 1.54) is 73.8 Å². The highest BCUT2D eigenvalue weighted by Gasteiger charge is 2.62. The van der Waals surface area contributed by atoms with E-state index in [2.05, 4.69) is 34.3 Å². The number of rotatable bonds is 19. The van der Waals surface area contributed by atoms with Gasteiger partial charge in [-0.2, -0.15) is 26.3 Å². The standard InChI is InChI=1S/C27H37F3N2O5.C20H30N2O3.C7H9F3O3.CH4/c1-35-24(33)23(32-25(34)26(27(28,29)30)11-14-36-15-12-26)10-13-37-21-16-18(17-21)6-8-20-9-7-19-4-2-3-5-22(19)31-20;1-24-20(23)18(21)10-11-25-17-12-14(13-17)6-8-16-9-7-15-4-2-3-5-19(15)22-16;8-7(9,10)6(5(11)12)1-3-13-4-2-6;/h7,9,18,21,23H,2-6,8,10-17H2,1H3,(H,32,34);7,9,14,17-18H,2-6,8,10-13,21H2,1H3;1-4H2,(H,11,12);1H4. The topological polar surface area (TPSA) is 208 Å². The van der Waals surface area contributed by atoms with Gasteiger partial charge in [-0.05, 0) is 170 Å². The van der Waals surface area contributed by atoms with Gasteiger partial charge < -0.3 is 44.6 Å². The highest BCUT2D eigenvalue weighted by molar-refractivity contribution is 5.88. The van der Waals surface area contributed by atoms with Gasteiger partial charge in [0.05, 0.1) is 26.4 Å². The summed E-state index contributed by atoms with van der Waals surface area (Å²) in [6.45, 7) is 0.0538. The average Bonchev–Trinajstić information content (AvgIpc) is 3.38. The molecule has 4 fully saturated rings. The van der Waals surface area contributed by atoms with Gasteiger partial charge in [0, 0.05) is 68.8 Å². The predicted molar refractivity (Wildman–Crippen MR) is 268 cm³/mol. The van der Waals surface area contributed by atoms with Crippen LogP contribution in [0.5, 0.6) is 0 Å². The fraction of sp³-hybridized carbons (Fsp3) is 0.745. The molecule has 1 amide bonds. The van der Waals surface area contributed by atoms with Crippen molar-refractivity contribution in [1.29, 1.82) is 0 Å². The summed E-state index contributed by atoms with van der Waals surface area (Å²) in [5.74, 6) is -2.89. The number of aromatic nitrogens is 2. The second kappa shape index (κ2) is 29.0. The minimum Gasteiger partial charge on any atom is -0.481 e. The molecule has 15 nitrogen and oxygen atoms in total. The number of fused-ring (bicyclic) bond motifs is 2. The van der Waals surface area contributed by atoms with Crippen LogP contribution in [0.1, 0.15) is 144 Å². The van der Waals surface area contributed by atoms with Crippen molar-refractivity contribution in [2.24, 2.45) is 28.4 Å². The lowest BCUT2D eigenvalue weighted by Gasteiger charge is -2.38. The number of hydrogen-bond acceptors (Lipinski definition) is 13. The molecule has 428 valence electrons. The van der Waals surface area contributed by atoms with Crippen LogP contribution in [0.3, 0.4) is 0 Å². The summed E-state index contributed by atoms with van der Waals surface area (Å²) in [5.41, 5.74) is 8.36. The van der Waals surface area contributed by atoms with Crippen molar-refractivity contribution in [1.82, 2.24) is 15.3 Å². The molecule has 2 unspecified atom stereocenters. The minimum atomic E-state index is -4.74. The number of aryl methyl sites for hydroxylation is 6. The van der Waals surface area contributed by atoms with E-state index in [9.17, 15) is 45.5 Å². The number of carboxylic acids is 1. The van der Waals surface area contributed by atoms with Crippen LogP contribution in [0.4, 0.5) is 26.3 Å². The molecule has 4 N–H and O–H groups in total. The Morgan fingerprint density at radius 2 is 1.09 bits per heavy atom. The van der Waals surface area contributed by atoms with Gasteiger partial charge in [-0.1, -0.05) is 19.6 Å². The summed E-state index contributed by atoms with van der Waals surface area (Å²) in [4.78, 5) is 56.4. The SMILES string of the molecule is C.COC(=O)C(CCOC1CC(CCc2ccc3c(n2)CCCC3)C1)NC(=O)C1(C(F)(F)F)CCOCC1.COC(=O)C(N)CCOC1CC(CCc2ccc3c(n2)CCCC3)C1.O=C(O)C1(C(F)(F)F)CCOCC1. The van der Waals surface area contributed by atoms with E-state index in [4.69, 9.17) is 44.5 Å². The van der Waals surface area contributed by atoms with Crippen molar-refractivity contribution in [3.05, 3.63) is 58.2 Å². The first-order chi connectivity index (χ1) is 35.8. The lowest BCUT2D eigenvalue weighted by Crippen LogP contribution is -2.57. The zero-order valence-corrected chi connectivity index (χ0v) is 43.3. The second-order valence-corrected chi connectivity index (χ2v) is 20.9. The molecule has 6 aliphatic rings. The van der Waals surface area contributed by atoms with Crippen LogP contribution in [0, 0.1) is 22.7 Å². The van der Waals surface area contributed by atoms with Crippen molar-refractivity contribution in [2.75, 3.05) is 53.9 Å². The lowest BCUT2D eigenvalue weighted by atomic mass is 9.78. The number of esters is 2. The van der Waals surface area contributed by atoms with Gasteiger partial charge in [-0.3, -0.25) is 24.4 Å². The molecule has 4 heterocycles. The third kappa shape index (κ3) is 16.8. The van der Waals surface area contributed by atoms with E-state index in [1.54, 1.807) is 0 Å². The number of aliphatic carboxylic acids is 1. The van der Waals surface area contributed by atoms with Crippen LogP contribution < -0.4 is 11.1 Å². The van der Waals surface area contributed by atoms with E-state index >= 15 is 0 Å². The molecule has 2 atom stereocenters. The van der Waals surface area contributed by atoms with Gasteiger partial charge in [0.25, 0.3) is 0 Å². The number of nitrogens with one attached hydrogen (secondary N) is 1. The number of hydrogen-bond donors (Lipinski definition) is 3. The first-order valence-corrected chi connectivity index (χ1v) is 26.7. The van der Waals surface area contributed by atoms with Gasteiger partial charge in [0.2, 0.25) is 5.91 Å². The number of pyridine rings is 2. The van der Waals surface area contributed by atoms with Crippen molar-refractivity contribution in [3.8, 4) is 0 Å². The normalized spacial score (nSPS) is 23.2. The number of carbonyl (C=O) groups excluding carboxylic acids is 3. The molecular formula is C55H80F6N4O11. The number of nitrogens with two attached hydrogens (primary N) is 1. The Bertz CT molecular complexity index is 2170. The van der Waals surface area contributed by atoms with E-state index in [-0.39, 0.29) is 59.0 Å². The molecule has 76 heavy (non-hydrogen) atoms. The molecule has 2 saturated carbocycles. The Morgan fingerprint density at radius 3 is 1.50 bits per heavy atom. The highest BCUT2D eigenvalue weighted by Crippen LogP contribution is 2.47. The molecule has 0 bridgehead atoms. The number of ether oxygens (including phenoxy) is 6. The first kappa shape index (κ1) is 62.4. The molecule has 21 heteroatoms. The number of alkyl halides is 6. The molecular weight excluding hydrogens is 1010 g/mol. The molecule has 8 rings (SSSR count). The van der Waals surface area contributed by atoms with E-state index in [1.807, 2.05) is 0 Å². The van der Waals surface area contributed by atoms with Gasteiger partial charge in [0.15, 0.2) is 5.41 Å². The minimum absolute atomic E-state index is 0. The largest absolute Gasteiger partial charge is 0.481 e. The summed E-state index contributed by atoms with van der Waals surface area (Å²) in [5, 5.41) is 10.8. The fourth-order valence-electron chi connectivity index (χ4n) is 10.7.